The van der Waals surface area contributed by atoms with E-state index in [0.717, 1.165) is 31.2 Å². The van der Waals surface area contributed by atoms with Crippen LogP contribution in [0.2, 0.25) is 0 Å². The van der Waals surface area contributed by atoms with Gasteiger partial charge in [-0.25, -0.2) is 4.79 Å². The second kappa shape index (κ2) is 12.4. The fourth-order valence-corrected chi connectivity index (χ4v) is 5.65. The summed E-state index contributed by atoms with van der Waals surface area (Å²) in [5.74, 6) is -1.00. The molecule has 4 amide bonds. The minimum absolute atomic E-state index is 0.104. The lowest BCUT2D eigenvalue weighted by Gasteiger charge is -2.30. The Bertz CT molecular complexity index is 1110. The van der Waals surface area contributed by atoms with Gasteiger partial charge in [0.25, 0.3) is 5.91 Å². The Morgan fingerprint density at radius 3 is 2.55 bits per heavy atom. The molecule has 1 saturated heterocycles. The van der Waals surface area contributed by atoms with Crippen LogP contribution in [0.25, 0.3) is 0 Å². The van der Waals surface area contributed by atoms with Crippen molar-refractivity contribution in [3.63, 3.8) is 0 Å². The molecule has 1 saturated carbocycles. The first kappa shape index (κ1) is 29.6. The maximum Gasteiger partial charge on any atom is 0.408 e. The summed E-state index contributed by atoms with van der Waals surface area (Å²) in [6.07, 6.45) is 7.97. The number of amides is 4. The second-order valence-corrected chi connectivity index (χ2v) is 12.4. The number of fused-ring (bicyclic) bond motifs is 2. The van der Waals surface area contributed by atoms with Crippen LogP contribution < -0.4 is 16.0 Å². The van der Waals surface area contributed by atoms with Crippen LogP contribution in [0.1, 0.15) is 90.7 Å². The van der Waals surface area contributed by atoms with E-state index in [2.05, 4.69) is 22.0 Å². The van der Waals surface area contributed by atoms with Gasteiger partial charge in [0.1, 0.15) is 11.6 Å². The molecule has 3 aliphatic rings. The smallest absolute Gasteiger partial charge is 0.408 e. The van der Waals surface area contributed by atoms with E-state index in [4.69, 9.17) is 4.74 Å². The number of nitrogens with zero attached hydrogens (tertiary/aromatic N) is 1. The normalized spacial score (nSPS) is 28.2. The minimum Gasteiger partial charge on any atom is -0.436 e. The molecule has 40 heavy (non-hydrogen) atoms. The molecule has 4 rings (SSSR count). The van der Waals surface area contributed by atoms with Gasteiger partial charge in [0.2, 0.25) is 11.8 Å². The number of carbonyl (C=O) groups excluding carboxylic acids is 4. The number of carbonyl (C=O) groups is 4. The molecular formula is C31H44N4O5. The summed E-state index contributed by atoms with van der Waals surface area (Å²) in [5.41, 5.74) is -0.565. The molecule has 218 valence electrons. The molecule has 3 N–H and O–H groups in total. The average molecular weight is 553 g/mol. The summed E-state index contributed by atoms with van der Waals surface area (Å²) in [6, 6.07) is 8.79. The molecule has 2 aliphatic heterocycles. The van der Waals surface area contributed by atoms with Crippen molar-refractivity contribution in [1.82, 2.24) is 20.9 Å². The summed E-state index contributed by atoms with van der Waals surface area (Å²) in [6.45, 7) is 7.87. The molecule has 2 fully saturated rings. The Kier molecular flexibility index (Phi) is 9.21. The summed E-state index contributed by atoms with van der Waals surface area (Å²) >= 11 is 0. The highest BCUT2D eigenvalue weighted by atomic mass is 16.6. The third-order valence-electron chi connectivity index (χ3n) is 7.96. The first-order chi connectivity index (χ1) is 19.0. The van der Waals surface area contributed by atoms with E-state index in [1.807, 2.05) is 64.1 Å². The van der Waals surface area contributed by atoms with Gasteiger partial charge in [0, 0.05) is 18.0 Å². The summed E-state index contributed by atoms with van der Waals surface area (Å²) in [4.78, 5) is 55.1. The average Bonchev–Trinajstić information content (AvgIpc) is 3.36. The quantitative estimate of drug-likeness (QED) is 0.486. The van der Waals surface area contributed by atoms with E-state index in [1.165, 1.54) is 4.90 Å². The van der Waals surface area contributed by atoms with E-state index in [0.29, 0.717) is 32.2 Å². The Morgan fingerprint density at radius 2 is 1.82 bits per heavy atom. The number of rotatable bonds is 4. The lowest BCUT2D eigenvalue weighted by Crippen LogP contribution is -2.57. The van der Waals surface area contributed by atoms with Crippen LogP contribution in [0.15, 0.2) is 42.5 Å². The molecule has 0 radical (unpaired) electrons. The van der Waals surface area contributed by atoms with Crippen molar-refractivity contribution in [3.05, 3.63) is 48.0 Å². The number of alkyl carbamates (subject to hydrolysis) is 1. The van der Waals surface area contributed by atoms with E-state index < -0.39 is 29.3 Å². The number of nitrogens with one attached hydrogen (secondary N) is 3. The first-order valence-corrected chi connectivity index (χ1v) is 14.6. The largest absolute Gasteiger partial charge is 0.436 e. The zero-order valence-electron chi connectivity index (χ0n) is 24.2. The van der Waals surface area contributed by atoms with Crippen molar-refractivity contribution < 1.29 is 23.9 Å². The highest BCUT2D eigenvalue weighted by Gasteiger charge is 2.60. The highest BCUT2D eigenvalue weighted by molar-refractivity contribution is 5.98. The molecule has 5 atom stereocenters. The van der Waals surface area contributed by atoms with Crippen LogP contribution >= 0.6 is 0 Å². The highest BCUT2D eigenvalue weighted by Crippen LogP contribution is 2.46. The molecule has 9 heteroatoms. The molecule has 9 nitrogen and oxygen atoms in total. The monoisotopic (exact) mass is 552 g/mol. The van der Waals surface area contributed by atoms with Gasteiger partial charge in [-0.3, -0.25) is 14.4 Å². The fraction of sp³-hybridized carbons (Fsp3) is 0.613. The van der Waals surface area contributed by atoms with Crippen molar-refractivity contribution in [2.45, 2.75) is 108 Å². The van der Waals surface area contributed by atoms with E-state index >= 15 is 0 Å². The zero-order valence-corrected chi connectivity index (χ0v) is 24.2. The van der Waals surface area contributed by atoms with Crippen LogP contribution in [0.4, 0.5) is 4.79 Å². The SMILES string of the molecule is C[C@@H](NC(=O)[C@@]12C[C@H]1C=CCCCCC[C@H](OC(=O)NC(C)(C)C)C(=O)N1CCC[C@H]1C(=O)N2)c1ccccc1. The molecule has 0 unspecified atom stereocenters. The van der Waals surface area contributed by atoms with Crippen LogP contribution in [-0.2, 0) is 19.1 Å². The minimum atomic E-state index is -1.05. The predicted octanol–water partition coefficient (Wildman–Crippen LogP) is 4.14. The zero-order chi connectivity index (χ0) is 28.9. The molecule has 0 bridgehead atoms. The van der Waals surface area contributed by atoms with Crippen molar-refractivity contribution in [3.8, 4) is 0 Å². The molecule has 1 aliphatic carbocycles. The van der Waals surface area contributed by atoms with Gasteiger partial charge in [0.05, 0.1) is 6.04 Å². The van der Waals surface area contributed by atoms with Crippen LogP contribution in [0, 0.1) is 5.92 Å². The van der Waals surface area contributed by atoms with Crippen molar-refractivity contribution in [2.75, 3.05) is 6.54 Å². The van der Waals surface area contributed by atoms with Crippen LogP contribution in [0.5, 0.6) is 0 Å². The lowest BCUT2D eigenvalue weighted by molar-refractivity contribution is -0.146. The standard InChI is InChI=1S/C31H44N4O5/c1-21(22-14-9-8-10-15-22)32-28(38)31-20-23(31)16-11-6-5-7-12-18-25(40-29(39)34-30(2,3)4)27(37)35-19-13-17-24(35)26(36)33-31/h8-11,14-16,21,23-25H,5-7,12-13,17-20H2,1-4H3,(H,32,38)(H,33,36)(H,34,39)/t21-,23-,24+,25+,31-/m1/s1. The maximum absolute atomic E-state index is 13.7. The lowest BCUT2D eigenvalue weighted by atomic mass is 10.1. The number of hydrogen-bond donors (Lipinski definition) is 3. The van der Waals surface area contributed by atoms with Gasteiger partial charge in [-0.1, -0.05) is 48.9 Å². The predicted molar refractivity (Wildman–Crippen MR) is 152 cm³/mol. The molecule has 1 aromatic carbocycles. The molecular weight excluding hydrogens is 508 g/mol. The van der Waals surface area contributed by atoms with E-state index in [1.54, 1.807) is 0 Å². The fourth-order valence-electron chi connectivity index (χ4n) is 5.65. The summed E-state index contributed by atoms with van der Waals surface area (Å²) in [7, 11) is 0. The van der Waals surface area contributed by atoms with Gasteiger partial charge in [-0.05, 0) is 78.2 Å². The first-order valence-electron chi connectivity index (χ1n) is 14.6. The molecule has 1 aromatic rings. The van der Waals surface area contributed by atoms with Crippen molar-refractivity contribution in [2.24, 2.45) is 5.92 Å². The third-order valence-corrected chi connectivity index (χ3v) is 7.96. The Balaban J connectivity index is 1.53. The van der Waals surface area contributed by atoms with Gasteiger partial charge in [-0.15, -0.1) is 0 Å². The Morgan fingerprint density at radius 1 is 1.07 bits per heavy atom. The third kappa shape index (κ3) is 7.23. The number of hydrogen-bond acceptors (Lipinski definition) is 5. The van der Waals surface area contributed by atoms with Crippen LogP contribution in [0.3, 0.4) is 0 Å². The molecule has 0 aromatic heterocycles. The number of benzene rings is 1. The Hall–Kier alpha value is -3.36. The van der Waals surface area contributed by atoms with Gasteiger partial charge in [0.15, 0.2) is 6.10 Å². The molecule has 0 spiro atoms. The second-order valence-electron chi connectivity index (χ2n) is 12.4. The molecule has 2 heterocycles. The van der Waals surface area contributed by atoms with Crippen molar-refractivity contribution >= 4 is 23.8 Å². The van der Waals surface area contributed by atoms with Gasteiger partial charge in [-0.2, -0.15) is 0 Å². The summed E-state index contributed by atoms with van der Waals surface area (Å²) < 4.78 is 5.63. The van der Waals surface area contributed by atoms with E-state index in [-0.39, 0.29) is 29.7 Å². The van der Waals surface area contributed by atoms with E-state index in [9.17, 15) is 19.2 Å². The number of allylic oxidation sites excluding steroid dienone is 1. The number of ether oxygens (including phenoxy) is 1. The van der Waals surface area contributed by atoms with Gasteiger partial charge < -0.3 is 25.6 Å². The van der Waals surface area contributed by atoms with Crippen LogP contribution in [-0.4, -0.2) is 58.5 Å². The maximum atomic E-state index is 13.7. The van der Waals surface area contributed by atoms with Gasteiger partial charge >= 0.3 is 6.09 Å². The summed E-state index contributed by atoms with van der Waals surface area (Å²) in [5, 5.41) is 8.91. The topological polar surface area (TPSA) is 117 Å². The Labute approximate surface area is 237 Å². The van der Waals surface area contributed by atoms with Crippen molar-refractivity contribution in [1.29, 1.82) is 0 Å².